The summed E-state index contributed by atoms with van der Waals surface area (Å²) in [5, 5.41) is 0. The summed E-state index contributed by atoms with van der Waals surface area (Å²) in [6.07, 6.45) is 10.8. The molecule has 0 aromatic heterocycles. The van der Waals surface area contributed by atoms with E-state index >= 15 is 0 Å². The van der Waals surface area contributed by atoms with E-state index in [-0.39, 0.29) is 5.41 Å². The van der Waals surface area contributed by atoms with Crippen molar-refractivity contribution in [3.05, 3.63) is 70.3 Å². The molecule has 0 spiro atoms. The fourth-order valence-electron chi connectivity index (χ4n) is 3.76. The molecule has 4 rings (SSSR count). The van der Waals surface area contributed by atoms with Gasteiger partial charge in [0.1, 0.15) is 0 Å². The van der Waals surface area contributed by atoms with Gasteiger partial charge >= 0.3 is 0 Å². The third-order valence-corrected chi connectivity index (χ3v) is 4.68. The lowest BCUT2D eigenvalue weighted by molar-refractivity contribution is 0.700. The average Bonchev–Trinajstić information content (AvgIpc) is 2.79. The Hall–Kier alpha value is -1.56. The molecule has 0 saturated heterocycles. The highest BCUT2D eigenvalue weighted by Gasteiger charge is 2.44. The van der Waals surface area contributed by atoms with Crippen LogP contribution < -0.4 is 0 Å². The van der Waals surface area contributed by atoms with Crippen LogP contribution in [0.3, 0.4) is 0 Å². The van der Waals surface area contributed by atoms with E-state index in [4.69, 9.17) is 0 Å². The van der Waals surface area contributed by atoms with Gasteiger partial charge in [-0.15, -0.1) is 0 Å². The van der Waals surface area contributed by atoms with Crippen LogP contribution in [0.25, 0.3) is 0 Å². The Morgan fingerprint density at radius 1 is 1.18 bits per heavy atom. The molecule has 0 unspecified atom stereocenters. The quantitative estimate of drug-likeness (QED) is 0.618. The van der Waals surface area contributed by atoms with E-state index in [0.717, 1.165) is 6.42 Å². The molecule has 0 saturated carbocycles. The predicted molar refractivity (Wildman–Crippen MR) is 71.0 cm³/mol. The minimum Gasteiger partial charge on any atom is -0.0839 e. The van der Waals surface area contributed by atoms with Crippen molar-refractivity contribution in [1.82, 2.24) is 0 Å². The van der Waals surface area contributed by atoms with Crippen LogP contribution in [-0.2, 0) is 11.8 Å². The maximum absolute atomic E-state index is 2.47. The smallest absolute Gasteiger partial charge is 0.0394 e. The lowest BCUT2D eigenvalue weighted by Gasteiger charge is -2.27. The Kier molecular flexibility index (Phi) is 1.68. The largest absolute Gasteiger partial charge is 0.0839 e. The highest BCUT2D eigenvalue weighted by Crippen LogP contribution is 2.54. The van der Waals surface area contributed by atoms with Crippen molar-refractivity contribution >= 4 is 0 Å². The SMILES string of the molecule is C[C@@]12C(=CC3=C1C=CCC3)Cc1ccccc12. The summed E-state index contributed by atoms with van der Waals surface area (Å²) >= 11 is 0. The number of hydrogen-bond acceptors (Lipinski definition) is 0. The van der Waals surface area contributed by atoms with Gasteiger partial charge in [-0.1, -0.05) is 48.1 Å². The molecule has 0 N–H and O–H groups in total. The van der Waals surface area contributed by atoms with Gasteiger partial charge in [0.25, 0.3) is 0 Å². The van der Waals surface area contributed by atoms with Crippen LogP contribution in [0.4, 0.5) is 0 Å². The van der Waals surface area contributed by atoms with Gasteiger partial charge in [-0.2, -0.15) is 0 Å². The highest BCUT2D eigenvalue weighted by atomic mass is 14.5. The summed E-state index contributed by atoms with van der Waals surface area (Å²) in [6.45, 7) is 2.41. The van der Waals surface area contributed by atoms with Gasteiger partial charge in [-0.25, -0.2) is 0 Å². The van der Waals surface area contributed by atoms with Crippen LogP contribution in [0.2, 0.25) is 0 Å². The Bertz CT molecular complexity index is 598. The molecule has 0 bridgehead atoms. The lowest BCUT2D eigenvalue weighted by Crippen LogP contribution is -2.21. The number of hydrogen-bond donors (Lipinski definition) is 0. The third-order valence-electron chi connectivity index (χ3n) is 4.68. The fraction of sp³-hybridized carbons (Fsp3) is 0.294. The summed E-state index contributed by atoms with van der Waals surface area (Å²) in [7, 11) is 0. The second-order valence-electron chi connectivity index (χ2n) is 5.51. The topological polar surface area (TPSA) is 0 Å². The highest BCUT2D eigenvalue weighted by molar-refractivity contribution is 5.67. The number of allylic oxidation sites excluding steroid dienone is 6. The first-order valence-electron chi connectivity index (χ1n) is 6.50. The Balaban J connectivity index is 1.99. The zero-order valence-electron chi connectivity index (χ0n) is 10.2. The van der Waals surface area contributed by atoms with Gasteiger partial charge in [-0.05, 0) is 48.5 Å². The van der Waals surface area contributed by atoms with E-state index in [9.17, 15) is 0 Å². The maximum atomic E-state index is 2.47. The Morgan fingerprint density at radius 3 is 3.00 bits per heavy atom. The van der Waals surface area contributed by atoms with E-state index in [1.165, 1.54) is 24.0 Å². The number of rotatable bonds is 0. The van der Waals surface area contributed by atoms with Crippen LogP contribution in [-0.4, -0.2) is 0 Å². The molecule has 17 heavy (non-hydrogen) atoms. The molecule has 0 amide bonds. The van der Waals surface area contributed by atoms with Gasteiger partial charge in [0.2, 0.25) is 0 Å². The molecular weight excluding hydrogens is 204 g/mol. The fourth-order valence-corrected chi connectivity index (χ4v) is 3.76. The van der Waals surface area contributed by atoms with Gasteiger partial charge in [0.15, 0.2) is 0 Å². The Morgan fingerprint density at radius 2 is 2.06 bits per heavy atom. The predicted octanol–water partition coefficient (Wildman–Crippen LogP) is 4.09. The summed E-state index contributed by atoms with van der Waals surface area (Å²) < 4.78 is 0. The molecule has 84 valence electrons. The molecule has 1 atom stereocenters. The zero-order valence-corrected chi connectivity index (χ0v) is 10.2. The Labute approximate surface area is 102 Å². The van der Waals surface area contributed by atoms with Gasteiger partial charge in [0.05, 0.1) is 0 Å². The van der Waals surface area contributed by atoms with Crippen LogP contribution in [0.15, 0.2) is 59.2 Å². The van der Waals surface area contributed by atoms with Crippen molar-refractivity contribution in [3.63, 3.8) is 0 Å². The summed E-state index contributed by atoms with van der Waals surface area (Å²) in [4.78, 5) is 0. The standard InChI is InChI=1S/C17H16/c1-17-14(10-12-6-2-4-8-15(12)17)11-13-7-3-5-9-16(13)17/h2,4-6,8-9,11H,3,7,10H2,1H3/t17-/m0/s1. The molecule has 0 radical (unpaired) electrons. The molecule has 0 nitrogen and oxygen atoms in total. The molecule has 0 aliphatic heterocycles. The van der Waals surface area contributed by atoms with Crippen molar-refractivity contribution in [2.45, 2.75) is 31.6 Å². The molecule has 3 aliphatic rings. The number of benzene rings is 1. The van der Waals surface area contributed by atoms with Gasteiger partial charge in [-0.3, -0.25) is 0 Å². The zero-order chi connectivity index (χ0) is 11.5. The van der Waals surface area contributed by atoms with Crippen molar-refractivity contribution < 1.29 is 0 Å². The minimum atomic E-state index is 0.183. The molecule has 3 aliphatic carbocycles. The molecule has 0 fully saturated rings. The van der Waals surface area contributed by atoms with Gasteiger partial charge < -0.3 is 0 Å². The van der Waals surface area contributed by atoms with Crippen molar-refractivity contribution in [2.75, 3.05) is 0 Å². The summed E-state index contributed by atoms with van der Waals surface area (Å²) in [5.74, 6) is 0. The van der Waals surface area contributed by atoms with Crippen LogP contribution in [0, 0.1) is 0 Å². The third kappa shape index (κ3) is 1.04. The van der Waals surface area contributed by atoms with Crippen LogP contribution >= 0.6 is 0 Å². The maximum Gasteiger partial charge on any atom is 0.0394 e. The van der Waals surface area contributed by atoms with Crippen LogP contribution in [0.5, 0.6) is 0 Å². The first kappa shape index (κ1) is 9.47. The van der Waals surface area contributed by atoms with Crippen molar-refractivity contribution in [2.24, 2.45) is 0 Å². The second-order valence-corrected chi connectivity index (χ2v) is 5.51. The minimum absolute atomic E-state index is 0.183. The van der Waals surface area contributed by atoms with Gasteiger partial charge in [0, 0.05) is 5.41 Å². The van der Waals surface area contributed by atoms with E-state index < -0.39 is 0 Å². The van der Waals surface area contributed by atoms with E-state index in [2.05, 4.69) is 49.4 Å². The van der Waals surface area contributed by atoms with E-state index in [1.807, 2.05) is 0 Å². The summed E-state index contributed by atoms with van der Waals surface area (Å²) in [6, 6.07) is 8.94. The number of fused-ring (bicyclic) bond motifs is 4. The van der Waals surface area contributed by atoms with Crippen molar-refractivity contribution in [3.8, 4) is 0 Å². The molecule has 0 heterocycles. The van der Waals surface area contributed by atoms with Crippen LogP contribution in [0.1, 0.15) is 30.9 Å². The first-order valence-corrected chi connectivity index (χ1v) is 6.50. The molecule has 1 aromatic carbocycles. The molecule has 1 aromatic rings. The van der Waals surface area contributed by atoms with E-state index in [1.54, 1.807) is 16.7 Å². The lowest BCUT2D eigenvalue weighted by atomic mass is 9.75. The second kappa shape index (κ2) is 3.01. The molecular formula is C17H16. The first-order chi connectivity index (χ1) is 8.30. The average molecular weight is 220 g/mol. The monoisotopic (exact) mass is 220 g/mol. The normalized spacial score (nSPS) is 28.9. The summed E-state index contributed by atoms with van der Waals surface area (Å²) in [5.41, 5.74) is 7.98. The van der Waals surface area contributed by atoms with Crippen molar-refractivity contribution in [1.29, 1.82) is 0 Å². The molecule has 0 heteroatoms. The van der Waals surface area contributed by atoms with E-state index in [0.29, 0.717) is 0 Å².